The molecule has 0 radical (unpaired) electrons. The normalized spacial score (nSPS) is 31.6. The minimum atomic E-state index is 0.739. The first-order valence-corrected chi connectivity index (χ1v) is 6.65. The van der Waals surface area contributed by atoms with Crippen LogP contribution in [0.15, 0.2) is 0 Å². The van der Waals surface area contributed by atoms with E-state index in [2.05, 4.69) is 30.6 Å². The molecule has 2 saturated heterocycles. The maximum atomic E-state index is 2.74. The van der Waals surface area contributed by atoms with Gasteiger partial charge in [-0.2, -0.15) is 0 Å². The molecule has 2 heterocycles. The summed E-state index contributed by atoms with van der Waals surface area (Å²) in [4.78, 5) is 5.36. The van der Waals surface area contributed by atoms with Crippen molar-refractivity contribution in [3.63, 3.8) is 0 Å². The Bertz CT molecular complexity index is 195. The third kappa shape index (κ3) is 2.73. The van der Waals surface area contributed by atoms with Crippen molar-refractivity contribution < 1.29 is 0 Å². The van der Waals surface area contributed by atoms with Crippen LogP contribution in [0.1, 0.15) is 40.0 Å². The van der Waals surface area contributed by atoms with Crippen LogP contribution in [0.3, 0.4) is 0 Å². The van der Waals surface area contributed by atoms with Crippen LogP contribution in [0.4, 0.5) is 0 Å². The molecular formula is C13H26N2. The predicted molar refractivity (Wildman–Crippen MR) is 65.1 cm³/mol. The van der Waals surface area contributed by atoms with Crippen molar-refractivity contribution >= 4 is 0 Å². The molecule has 15 heavy (non-hydrogen) atoms. The summed E-state index contributed by atoms with van der Waals surface area (Å²) in [5, 5.41) is 0. The summed E-state index contributed by atoms with van der Waals surface area (Å²) in [6.45, 7) is 12.4. The van der Waals surface area contributed by atoms with Crippen LogP contribution in [0.5, 0.6) is 0 Å². The lowest BCUT2D eigenvalue weighted by molar-refractivity contribution is 0.105. The van der Waals surface area contributed by atoms with Gasteiger partial charge >= 0.3 is 0 Å². The van der Waals surface area contributed by atoms with Gasteiger partial charge in [-0.1, -0.05) is 6.92 Å². The van der Waals surface area contributed by atoms with Gasteiger partial charge in [0.15, 0.2) is 0 Å². The predicted octanol–water partition coefficient (Wildman–Crippen LogP) is 2.20. The fourth-order valence-electron chi connectivity index (χ4n) is 3.07. The van der Waals surface area contributed by atoms with E-state index < -0.39 is 0 Å². The summed E-state index contributed by atoms with van der Waals surface area (Å²) in [7, 11) is 0. The summed E-state index contributed by atoms with van der Waals surface area (Å²) >= 11 is 0. The number of hydrogen-bond acceptors (Lipinski definition) is 2. The first-order chi connectivity index (χ1) is 7.16. The van der Waals surface area contributed by atoms with E-state index in [1.807, 2.05) is 0 Å². The van der Waals surface area contributed by atoms with Crippen LogP contribution in [-0.2, 0) is 0 Å². The first kappa shape index (κ1) is 11.4. The molecule has 1 unspecified atom stereocenters. The summed E-state index contributed by atoms with van der Waals surface area (Å²) in [5.74, 6) is 0.938. The van der Waals surface area contributed by atoms with Crippen LogP contribution >= 0.6 is 0 Å². The molecule has 0 aromatic carbocycles. The Hall–Kier alpha value is -0.0800. The molecule has 2 heteroatoms. The van der Waals surface area contributed by atoms with Crippen molar-refractivity contribution in [2.75, 3.05) is 26.2 Å². The summed E-state index contributed by atoms with van der Waals surface area (Å²) < 4.78 is 0. The highest BCUT2D eigenvalue weighted by Gasteiger charge is 2.29. The van der Waals surface area contributed by atoms with Crippen LogP contribution in [-0.4, -0.2) is 48.1 Å². The number of nitrogens with zero attached hydrogens (tertiary/aromatic N) is 2. The zero-order valence-electron chi connectivity index (χ0n) is 10.6. The van der Waals surface area contributed by atoms with E-state index in [-0.39, 0.29) is 0 Å². The Balaban J connectivity index is 1.78. The molecule has 2 nitrogen and oxygen atoms in total. The van der Waals surface area contributed by atoms with Gasteiger partial charge < -0.3 is 9.80 Å². The van der Waals surface area contributed by atoms with E-state index in [1.54, 1.807) is 0 Å². The second-order valence-corrected chi connectivity index (χ2v) is 5.75. The number of likely N-dealkylation sites (tertiary alicyclic amines) is 2. The van der Waals surface area contributed by atoms with Crippen LogP contribution in [0.25, 0.3) is 0 Å². The topological polar surface area (TPSA) is 6.48 Å². The standard InChI is InChI=1S/C13H26N2/c1-11(2)14-8-5-13(6-9-14)15-7-4-12(3)10-15/h11-13H,4-10H2,1-3H3. The summed E-state index contributed by atoms with van der Waals surface area (Å²) in [6, 6.07) is 1.63. The van der Waals surface area contributed by atoms with Gasteiger partial charge in [-0.25, -0.2) is 0 Å². The molecule has 88 valence electrons. The summed E-state index contributed by atoms with van der Waals surface area (Å²) in [5.41, 5.74) is 0. The molecule has 2 aliphatic heterocycles. The molecule has 0 aliphatic carbocycles. The lowest BCUT2D eigenvalue weighted by atomic mass is 10.0. The molecule has 0 saturated carbocycles. The Kier molecular flexibility index (Phi) is 3.68. The van der Waals surface area contributed by atoms with Gasteiger partial charge in [0.25, 0.3) is 0 Å². The largest absolute Gasteiger partial charge is 0.301 e. The van der Waals surface area contributed by atoms with Crippen molar-refractivity contribution in [2.24, 2.45) is 5.92 Å². The van der Waals surface area contributed by atoms with Crippen LogP contribution in [0.2, 0.25) is 0 Å². The maximum Gasteiger partial charge on any atom is 0.0120 e. The maximum absolute atomic E-state index is 2.74. The Morgan fingerprint density at radius 1 is 1.00 bits per heavy atom. The van der Waals surface area contributed by atoms with Crippen LogP contribution < -0.4 is 0 Å². The average Bonchev–Trinajstić information content (AvgIpc) is 2.65. The number of rotatable bonds is 2. The van der Waals surface area contributed by atoms with Gasteiger partial charge in [-0.3, -0.25) is 0 Å². The molecule has 2 aliphatic rings. The van der Waals surface area contributed by atoms with E-state index >= 15 is 0 Å². The van der Waals surface area contributed by atoms with E-state index in [4.69, 9.17) is 0 Å². The van der Waals surface area contributed by atoms with E-state index in [1.165, 1.54) is 45.4 Å². The van der Waals surface area contributed by atoms with Gasteiger partial charge in [0.2, 0.25) is 0 Å². The number of hydrogen-bond donors (Lipinski definition) is 0. The van der Waals surface area contributed by atoms with Crippen molar-refractivity contribution in [3.8, 4) is 0 Å². The van der Waals surface area contributed by atoms with Crippen LogP contribution in [0, 0.1) is 5.92 Å². The van der Waals surface area contributed by atoms with Crippen molar-refractivity contribution in [2.45, 2.75) is 52.1 Å². The fraction of sp³-hybridized carbons (Fsp3) is 1.00. The molecule has 0 amide bonds. The number of piperidine rings is 1. The molecule has 0 aromatic heterocycles. The third-order valence-electron chi connectivity index (χ3n) is 4.20. The SMILES string of the molecule is CC1CCN(C2CCN(C(C)C)CC2)C1. The van der Waals surface area contributed by atoms with E-state index in [9.17, 15) is 0 Å². The third-order valence-corrected chi connectivity index (χ3v) is 4.20. The van der Waals surface area contributed by atoms with E-state index in [0.29, 0.717) is 0 Å². The average molecular weight is 210 g/mol. The fourth-order valence-corrected chi connectivity index (χ4v) is 3.07. The Morgan fingerprint density at radius 2 is 1.67 bits per heavy atom. The quantitative estimate of drug-likeness (QED) is 0.689. The lowest BCUT2D eigenvalue weighted by Gasteiger charge is -2.38. The minimum absolute atomic E-state index is 0.739. The monoisotopic (exact) mass is 210 g/mol. The zero-order valence-corrected chi connectivity index (χ0v) is 10.6. The summed E-state index contributed by atoms with van der Waals surface area (Å²) in [6.07, 6.45) is 4.21. The minimum Gasteiger partial charge on any atom is -0.301 e. The highest BCUT2D eigenvalue weighted by molar-refractivity contribution is 4.84. The van der Waals surface area contributed by atoms with Crippen molar-refractivity contribution in [1.29, 1.82) is 0 Å². The molecule has 0 bridgehead atoms. The second kappa shape index (κ2) is 4.84. The lowest BCUT2D eigenvalue weighted by Crippen LogP contribution is -2.46. The smallest absolute Gasteiger partial charge is 0.0120 e. The molecule has 2 fully saturated rings. The zero-order chi connectivity index (χ0) is 10.8. The molecule has 1 atom stereocenters. The molecule has 0 aromatic rings. The second-order valence-electron chi connectivity index (χ2n) is 5.75. The Labute approximate surface area is 94.6 Å². The Morgan fingerprint density at radius 3 is 2.13 bits per heavy atom. The van der Waals surface area contributed by atoms with Crippen molar-refractivity contribution in [3.05, 3.63) is 0 Å². The molecule has 0 spiro atoms. The van der Waals surface area contributed by atoms with E-state index in [0.717, 1.165) is 18.0 Å². The van der Waals surface area contributed by atoms with Gasteiger partial charge in [0.05, 0.1) is 0 Å². The van der Waals surface area contributed by atoms with Gasteiger partial charge in [-0.05, 0) is 58.7 Å². The molecule has 2 rings (SSSR count). The van der Waals surface area contributed by atoms with Gasteiger partial charge in [-0.15, -0.1) is 0 Å². The van der Waals surface area contributed by atoms with Gasteiger partial charge in [0, 0.05) is 18.6 Å². The highest BCUT2D eigenvalue weighted by atomic mass is 15.2. The molecular weight excluding hydrogens is 184 g/mol. The first-order valence-electron chi connectivity index (χ1n) is 6.65. The molecule has 0 N–H and O–H groups in total. The van der Waals surface area contributed by atoms with Crippen molar-refractivity contribution in [1.82, 2.24) is 9.80 Å². The highest BCUT2D eigenvalue weighted by Crippen LogP contribution is 2.24. The van der Waals surface area contributed by atoms with Gasteiger partial charge in [0.1, 0.15) is 0 Å².